The number of amides is 1. The van der Waals surface area contributed by atoms with Crippen molar-refractivity contribution in [3.8, 4) is 0 Å². The molecule has 4 nitrogen and oxygen atoms in total. The highest BCUT2D eigenvalue weighted by Gasteiger charge is 2.30. The zero-order valence-corrected chi connectivity index (χ0v) is 11.9. The maximum atomic E-state index is 14.0. The van der Waals surface area contributed by atoms with Gasteiger partial charge in [-0.2, -0.15) is 0 Å². The number of carboxylic acids is 1. The Morgan fingerprint density at radius 1 is 1.33 bits per heavy atom. The van der Waals surface area contributed by atoms with E-state index in [-0.39, 0.29) is 11.1 Å². The molecule has 0 aromatic heterocycles. The van der Waals surface area contributed by atoms with Gasteiger partial charge >= 0.3 is 5.97 Å². The van der Waals surface area contributed by atoms with E-state index in [1.54, 1.807) is 0 Å². The summed E-state index contributed by atoms with van der Waals surface area (Å²) in [6.45, 7) is 1.97. The molecule has 5 heteroatoms. The first-order chi connectivity index (χ1) is 9.89. The lowest BCUT2D eigenvalue weighted by Gasteiger charge is -2.25. The van der Waals surface area contributed by atoms with E-state index in [2.05, 4.69) is 5.32 Å². The molecule has 112 valence electrons. The van der Waals surface area contributed by atoms with Gasteiger partial charge in [0.25, 0.3) is 5.91 Å². The predicted octanol–water partition coefficient (Wildman–Crippen LogP) is 2.99. The minimum absolute atomic E-state index is 0.0180. The second-order valence-corrected chi connectivity index (χ2v) is 5.63. The number of carbonyl (C=O) groups excluding carboxylic acids is 1. The summed E-state index contributed by atoms with van der Waals surface area (Å²) in [5, 5.41) is 11.4. The topological polar surface area (TPSA) is 66.4 Å². The zero-order valence-electron chi connectivity index (χ0n) is 11.9. The highest BCUT2D eigenvalue weighted by molar-refractivity contribution is 5.95. The van der Waals surface area contributed by atoms with E-state index in [9.17, 15) is 14.0 Å². The van der Waals surface area contributed by atoms with Crippen LogP contribution in [0.1, 0.15) is 48.5 Å². The fourth-order valence-electron chi connectivity index (χ4n) is 2.61. The third kappa shape index (κ3) is 3.90. The molecule has 1 aromatic carbocycles. The Morgan fingerprint density at radius 2 is 2.00 bits per heavy atom. The van der Waals surface area contributed by atoms with Crippen molar-refractivity contribution in [2.75, 3.05) is 0 Å². The van der Waals surface area contributed by atoms with E-state index in [1.165, 1.54) is 18.2 Å². The maximum absolute atomic E-state index is 14.0. The molecule has 1 aliphatic carbocycles. The first-order valence-electron chi connectivity index (χ1n) is 6.93. The largest absolute Gasteiger partial charge is 0.478 e. The molecule has 1 aromatic rings. The highest BCUT2D eigenvalue weighted by Crippen LogP contribution is 2.29. The van der Waals surface area contributed by atoms with Crippen LogP contribution in [-0.2, 0) is 4.79 Å². The van der Waals surface area contributed by atoms with Crippen LogP contribution in [0.2, 0.25) is 0 Å². The van der Waals surface area contributed by atoms with Gasteiger partial charge in [-0.15, -0.1) is 0 Å². The van der Waals surface area contributed by atoms with Gasteiger partial charge in [0.15, 0.2) is 0 Å². The SMILES string of the molecule is CC1(NC(=O)c2ccc(C=CC(=O)O)cc2F)CCCC1. The van der Waals surface area contributed by atoms with E-state index in [0.29, 0.717) is 5.56 Å². The Kier molecular flexibility index (Phi) is 4.40. The van der Waals surface area contributed by atoms with Crippen molar-refractivity contribution in [2.45, 2.75) is 38.1 Å². The van der Waals surface area contributed by atoms with Crippen molar-refractivity contribution < 1.29 is 19.1 Å². The van der Waals surface area contributed by atoms with E-state index in [1.807, 2.05) is 6.92 Å². The van der Waals surface area contributed by atoms with E-state index in [4.69, 9.17) is 5.11 Å². The third-order valence-corrected chi connectivity index (χ3v) is 3.78. The molecule has 0 radical (unpaired) electrons. The van der Waals surface area contributed by atoms with Gasteiger partial charge in [-0.1, -0.05) is 18.9 Å². The second-order valence-electron chi connectivity index (χ2n) is 5.63. The highest BCUT2D eigenvalue weighted by atomic mass is 19.1. The molecule has 1 saturated carbocycles. The molecular formula is C16H18FNO3. The quantitative estimate of drug-likeness (QED) is 0.838. The van der Waals surface area contributed by atoms with Crippen molar-refractivity contribution in [3.63, 3.8) is 0 Å². The van der Waals surface area contributed by atoms with E-state index in [0.717, 1.165) is 37.8 Å². The Bertz CT molecular complexity index is 589. The number of benzene rings is 1. The Morgan fingerprint density at radius 3 is 2.57 bits per heavy atom. The standard InChI is InChI=1S/C16H18FNO3/c1-16(8-2-3-9-16)18-15(21)12-6-4-11(10-13(12)17)5-7-14(19)20/h4-7,10H,2-3,8-9H2,1H3,(H,18,21)(H,19,20). The number of carboxylic acid groups (broad SMARTS) is 1. The minimum atomic E-state index is -1.11. The Hall–Kier alpha value is -2.17. The first-order valence-corrected chi connectivity index (χ1v) is 6.93. The average molecular weight is 291 g/mol. The van der Waals surface area contributed by atoms with Crippen molar-refractivity contribution in [3.05, 3.63) is 41.2 Å². The zero-order chi connectivity index (χ0) is 15.5. The Balaban J connectivity index is 2.13. The number of hydrogen-bond donors (Lipinski definition) is 2. The van der Waals surface area contributed by atoms with Crippen molar-refractivity contribution in [1.82, 2.24) is 5.32 Å². The lowest BCUT2D eigenvalue weighted by atomic mass is 9.99. The molecule has 0 spiro atoms. The van der Waals surface area contributed by atoms with Crippen LogP contribution in [0.25, 0.3) is 6.08 Å². The van der Waals surface area contributed by atoms with Crippen LogP contribution >= 0.6 is 0 Å². The monoisotopic (exact) mass is 291 g/mol. The van der Waals surface area contributed by atoms with Gasteiger partial charge in [0.05, 0.1) is 5.56 Å². The van der Waals surface area contributed by atoms with Crippen LogP contribution in [0, 0.1) is 5.82 Å². The van der Waals surface area contributed by atoms with Gasteiger partial charge in [0, 0.05) is 11.6 Å². The molecule has 0 saturated heterocycles. The maximum Gasteiger partial charge on any atom is 0.328 e. The lowest BCUT2D eigenvalue weighted by molar-refractivity contribution is -0.131. The normalized spacial score (nSPS) is 17.0. The molecular weight excluding hydrogens is 273 g/mol. The van der Waals surface area contributed by atoms with Gasteiger partial charge in [-0.3, -0.25) is 4.79 Å². The number of halogens is 1. The number of hydrogen-bond acceptors (Lipinski definition) is 2. The van der Waals surface area contributed by atoms with Crippen LogP contribution in [0.15, 0.2) is 24.3 Å². The van der Waals surface area contributed by atoms with Crippen LogP contribution in [0.5, 0.6) is 0 Å². The molecule has 2 rings (SSSR count). The van der Waals surface area contributed by atoms with Crippen LogP contribution in [-0.4, -0.2) is 22.5 Å². The summed E-state index contributed by atoms with van der Waals surface area (Å²) in [5.41, 5.74) is 0.125. The number of aliphatic carboxylic acids is 1. The first kappa shape index (κ1) is 15.2. The van der Waals surface area contributed by atoms with Crippen molar-refractivity contribution in [2.24, 2.45) is 0 Å². The van der Waals surface area contributed by atoms with Gasteiger partial charge < -0.3 is 10.4 Å². The molecule has 0 atom stereocenters. The molecule has 2 N–H and O–H groups in total. The summed E-state index contributed by atoms with van der Waals surface area (Å²) in [7, 11) is 0. The second kappa shape index (κ2) is 6.08. The molecule has 0 aliphatic heterocycles. The summed E-state index contributed by atoms with van der Waals surface area (Å²) >= 11 is 0. The van der Waals surface area contributed by atoms with Gasteiger partial charge in [-0.05, 0) is 43.5 Å². The van der Waals surface area contributed by atoms with Crippen LogP contribution in [0.4, 0.5) is 4.39 Å². The minimum Gasteiger partial charge on any atom is -0.478 e. The van der Waals surface area contributed by atoms with Gasteiger partial charge in [0.1, 0.15) is 5.82 Å². The average Bonchev–Trinajstić information content (AvgIpc) is 2.82. The van der Waals surface area contributed by atoms with Crippen LogP contribution in [0.3, 0.4) is 0 Å². The van der Waals surface area contributed by atoms with E-state index >= 15 is 0 Å². The molecule has 21 heavy (non-hydrogen) atoms. The molecule has 0 unspecified atom stereocenters. The van der Waals surface area contributed by atoms with Crippen molar-refractivity contribution in [1.29, 1.82) is 0 Å². The fourth-order valence-corrected chi connectivity index (χ4v) is 2.61. The summed E-state index contributed by atoms with van der Waals surface area (Å²) in [5.74, 6) is -2.18. The summed E-state index contributed by atoms with van der Waals surface area (Å²) in [6, 6.07) is 4.06. The van der Waals surface area contributed by atoms with Crippen LogP contribution < -0.4 is 5.32 Å². The number of rotatable bonds is 4. The molecule has 1 amide bonds. The lowest BCUT2D eigenvalue weighted by Crippen LogP contribution is -2.43. The third-order valence-electron chi connectivity index (χ3n) is 3.78. The molecule has 0 heterocycles. The summed E-state index contributed by atoms with van der Waals surface area (Å²) in [4.78, 5) is 22.6. The molecule has 1 aliphatic rings. The Labute approximate surface area is 122 Å². The smallest absolute Gasteiger partial charge is 0.328 e. The molecule has 0 bridgehead atoms. The predicted molar refractivity (Wildman–Crippen MR) is 77.4 cm³/mol. The number of carbonyl (C=O) groups is 2. The van der Waals surface area contributed by atoms with E-state index < -0.39 is 17.7 Å². The van der Waals surface area contributed by atoms with Crippen molar-refractivity contribution >= 4 is 18.0 Å². The fraction of sp³-hybridized carbons (Fsp3) is 0.375. The van der Waals surface area contributed by atoms with Gasteiger partial charge in [0.2, 0.25) is 0 Å². The number of nitrogens with one attached hydrogen (secondary N) is 1. The van der Waals surface area contributed by atoms with Gasteiger partial charge in [-0.25, -0.2) is 9.18 Å². The molecule has 1 fully saturated rings. The summed E-state index contributed by atoms with van der Waals surface area (Å²) in [6.07, 6.45) is 6.15. The summed E-state index contributed by atoms with van der Waals surface area (Å²) < 4.78 is 14.0.